The molecule has 4 nitrogen and oxygen atoms in total. The van der Waals surface area contributed by atoms with Crippen molar-refractivity contribution in [3.8, 4) is 0 Å². The summed E-state index contributed by atoms with van der Waals surface area (Å²) >= 11 is 1.11. The van der Waals surface area contributed by atoms with Crippen LogP contribution in [0.25, 0.3) is 16.2 Å². The summed E-state index contributed by atoms with van der Waals surface area (Å²) in [5, 5.41) is 7.00. The molecule has 0 heterocycles. The molecule has 0 N–H and O–H groups in total. The quantitative estimate of drug-likeness (QED) is 0.448. The van der Waals surface area contributed by atoms with Crippen molar-refractivity contribution in [2.75, 3.05) is 28.2 Å². The minimum atomic E-state index is 0.0919. The third-order valence-corrected chi connectivity index (χ3v) is 6.43. The van der Waals surface area contributed by atoms with Crippen molar-refractivity contribution < 1.29 is 29.8 Å². The van der Waals surface area contributed by atoms with E-state index in [1.807, 2.05) is 33.2 Å². The van der Waals surface area contributed by atoms with Crippen molar-refractivity contribution >= 4 is 11.5 Å². The van der Waals surface area contributed by atoms with Crippen LogP contribution in [0.1, 0.15) is 49.2 Å². The summed E-state index contributed by atoms with van der Waals surface area (Å²) in [6, 6.07) is 18.1. The summed E-state index contributed by atoms with van der Waals surface area (Å²) in [6.45, 7) is 9.59. The Morgan fingerprint density at radius 1 is 0.875 bits per heavy atom. The van der Waals surface area contributed by atoms with E-state index in [-0.39, 0.29) is 5.91 Å². The molecule has 2 aromatic rings. The van der Waals surface area contributed by atoms with Crippen molar-refractivity contribution in [1.29, 1.82) is 0 Å². The van der Waals surface area contributed by atoms with E-state index in [4.69, 9.17) is 0 Å². The van der Waals surface area contributed by atoms with Crippen molar-refractivity contribution in [1.82, 2.24) is 2.84 Å². The van der Waals surface area contributed by atoms with Gasteiger partial charge in [0, 0.05) is 0 Å². The van der Waals surface area contributed by atoms with E-state index in [1.165, 1.54) is 33.4 Å². The first-order chi connectivity index (χ1) is 15.2. The minimum Gasteiger partial charge on any atom is -0.668 e. The SMILES string of the molecule is CC1=C(C)C(C)C(c2ccccc2C[N]([Zr+2])C(=O)c2ccccc2)=C1C.C[N-]C.C[N-]C. The normalized spacial score (nSPS) is 15.0. The Morgan fingerprint density at radius 3 is 1.88 bits per heavy atom. The summed E-state index contributed by atoms with van der Waals surface area (Å²) in [5.74, 6) is 0.522. The van der Waals surface area contributed by atoms with Crippen LogP contribution < -0.4 is 0 Å². The zero-order valence-electron chi connectivity index (χ0n) is 20.7. The Morgan fingerprint density at radius 2 is 1.38 bits per heavy atom. The molecule has 3 rings (SSSR count). The van der Waals surface area contributed by atoms with Gasteiger partial charge in [-0.2, -0.15) is 28.2 Å². The molecule has 0 aromatic heterocycles. The fraction of sp³-hybridized carbons (Fsp3) is 0.370. The molecule has 0 saturated carbocycles. The maximum absolute atomic E-state index is 12.7. The molecule has 0 spiro atoms. The standard InChI is InChI=1S/C23H25NO.2C2H6N.Zr/c1-15-16(2)18(4)22(17(15)3)21-13-9-8-12-20(21)14-24-23(25)19-10-6-5-7-11-19;2*1-3-2;/h5-13,17H,14H2,1-4H3,(H,24,25);2*1-2H3;/q;2*-1;+3/p-1. The summed E-state index contributed by atoms with van der Waals surface area (Å²) in [7, 11) is 7.00. The van der Waals surface area contributed by atoms with Crippen LogP contribution in [0.15, 0.2) is 71.3 Å². The molecular weight excluding hydrogens is 474 g/mol. The summed E-state index contributed by atoms with van der Waals surface area (Å²) in [5.41, 5.74) is 8.90. The van der Waals surface area contributed by atoms with Gasteiger partial charge in [0.05, 0.1) is 0 Å². The van der Waals surface area contributed by atoms with Crippen LogP contribution in [0.3, 0.4) is 0 Å². The zero-order chi connectivity index (χ0) is 24.3. The van der Waals surface area contributed by atoms with Crippen molar-refractivity contribution in [2.24, 2.45) is 5.92 Å². The molecule has 1 aliphatic carbocycles. The molecule has 0 fully saturated rings. The van der Waals surface area contributed by atoms with E-state index in [1.54, 1.807) is 28.2 Å². The molecule has 1 aliphatic rings. The van der Waals surface area contributed by atoms with Crippen LogP contribution in [0.5, 0.6) is 0 Å². The topological polar surface area (TPSA) is 48.5 Å². The first-order valence-electron chi connectivity index (χ1n) is 10.8. The molecule has 1 amide bonds. The molecule has 0 aliphatic heterocycles. The molecule has 1 atom stereocenters. The average molecular weight is 510 g/mol. The van der Waals surface area contributed by atoms with Crippen LogP contribution >= 0.6 is 0 Å². The predicted molar refractivity (Wildman–Crippen MR) is 133 cm³/mol. The van der Waals surface area contributed by atoms with Gasteiger partial charge in [0.15, 0.2) is 0 Å². The van der Waals surface area contributed by atoms with Crippen LogP contribution in [-0.4, -0.2) is 36.9 Å². The number of carbonyl (C=O) groups is 1. The Labute approximate surface area is 210 Å². The molecule has 0 saturated heterocycles. The van der Waals surface area contributed by atoms with Gasteiger partial charge in [-0.05, 0) is 0 Å². The molecule has 169 valence electrons. The van der Waals surface area contributed by atoms with Crippen LogP contribution in [0.2, 0.25) is 0 Å². The number of allylic oxidation sites excluding steroid dienone is 4. The second-order valence-corrected chi connectivity index (χ2v) is 9.20. The Bertz CT molecular complexity index is 933. The van der Waals surface area contributed by atoms with Crippen LogP contribution in [0, 0.1) is 5.92 Å². The van der Waals surface area contributed by atoms with Crippen molar-refractivity contribution in [2.45, 2.75) is 34.2 Å². The Hall–Kier alpha value is -1.81. The largest absolute Gasteiger partial charge is 0.668 e. The van der Waals surface area contributed by atoms with Gasteiger partial charge >= 0.3 is 172 Å². The van der Waals surface area contributed by atoms with Crippen molar-refractivity contribution in [3.05, 3.63) is 98.6 Å². The van der Waals surface area contributed by atoms with E-state index in [9.17, 15) is 4.79 Å². The maximum Gasteiger partial charge on any atom is -0.162 e. The smallest absolute Gasteiger partial charge is 0.162 e. The number of rotatable bonds is 4. The van der Waals surface area contributed by atoms with Gasteiger partial charge < -0.3 is 10.6 Å². The number of carbonyl (C=O) groups excluding carboxylic acids is 1. The van der Waals surface area contributed by atoms with Gasteiger partial charge in [-0.3, -0.25) is 0 Å². The first kappa shape index (κ1) is 28.2. The number of hydrogen-bond donors (Lipinski definition) is 0. The van der Waals surface area contributed by atoms with E-state index < -0.39 is 0 Å². The molecule has 5 heteroatoms. The molecule has 0 bridgehead atoms. The van der Waals surface area contributed by atoms with Gasteiger partial charge in [-0.15, -0.1) is 0 Å². The molecule has 32 heavy (non-hydrogen) atoms. The number of amides is 1. The van der Waals surface area contributed by atoms with E-state index in [0.717, 1.165) is 30.6 Å². The zero-order valence-corrected chi connectivity index (χ0v) is 23.2. The summed E-state index contributed by atoms with van der Waals surface area (Å²) in [4.78, 5) is 12.7. The van der Waals surface area contributed by atoms with Crippen LogP contribution in [-0.2, 0) is 31.6 Å². The summed E-state index contributed by atoms with van der Waals surface area (Å²) in [6.07, 6.45) is 0. The number of hydrogen-bond acceptors (Lipinski definition) is 1. The van der Waals surface area contributed by atoms with Crippen LogP contribution in [0.4, 0.5) is 0 Å². The second kappa shape index (κ2) is 14.4. The summed E-state index contributed by atoms with van der Waals surface area (Å²) < 4.78 is 1.89. The van der Waals surface area contributed by atoms with E-state index >= 15 is 0 Å². The molecule has 2 aromatic carbocycles. The third kappa shape index (κ3) is 7.37. The van der Waals surface area contributed by atoms with Gasteiger partial charge in [0.1, 0.15) is 0 Å². The van der Waals surface area contributed by atoms with Gasteiger partial charge in [-0.1, -0.05) is 0 Å². The third-order valence-electron chi connectivity index (χ3n) is 5.54. The van der Waals surface area contributed by atoms with E-state index in [2.05, 4.69) is 62.6 Å². The second-order valence-electron chi connectivity index (χ2n) is 7.88. The van der Waals surface area contributed by atoms with Gasteiger partial charge in [0.2, 0.25) is 0 Å². The van der Waals surface area contributed by atoms with Gasteiger partial charge in [-0.25, -0.2) is 0 Å². The minimum absolute atomic E-state index is 0.0919. The number of nitrogens with zero attached hydrogens (tertiary/aromatic N) is 3. The van der Waals surface area contributed by atoms with E-state index in [0.29, 0.717) is 12.5 Å². The Balaban J connectivity index is 0.000000769. The maximum atomic E-state index is 12.7. The molecular formula is C27H36N3OZr. The number of benzene rings is 2. The van der Waals surface area contributed by atoms with Crippen molar-refractivity contribution in [3.63, 3.8) is 0 Å². The predicted octanol–water partition coefficient (Wildman–Crippen LogP) is 6.79. The fourth-order valence-electron chi connectivity index (χ4n) is 3.70. The molecule has 1 unspecified atom stereocenters. The van der Waals surface area contributed by atoms with Gasteiger partial charge in [0.25, 0.3) is 0 Å². The average Bonchev–Trinajstić information content (AvgIpc) is 2.98. The fourth-order valence-corrected chi connectivity index (χ4v) is 4.43. The Kier molecular flexibility index (Phi) is 12.7. The first-order valence-corrected chi connectivity index (χ1v) is 11.9. The molecule has 0 radical (unpaired) electrons. The monoisotopic (exact) mass is 508 g/mol.